The number of carbonyl (C=O) groups excluding carboxylic acids is 4. The van der Waals surface area contributed by atoms with Crippen molar-refractivity contribution < 1.29 is 23.9 Å². The number of likely N-dealkylation sites (N-methyl/N-ethyl adjacent to an activating group) is 1. The first-order valence-corrected chi connectivity index (χ1v) is 9.32. The summed E-state index contributed by atoms with van der Waals surface area (Å²) in [6, 6.07) is 6.67. The highest BCUT2D eigenvalue weighted by molar-refractivity contribution is 6.15. The van der Waals surface area contributed by atoms with Crippen LogP contribution in [0, 0.1) is 0 Å². The number of carbonyl (C=O) groups is 4. The predicted octanol–water partition coefficient (Wildman–Crippen LogP) is 1.44. The van der Waals surface area contributed by atoms with Gasteiger partial charge in [-0.05, 0) is 32.4 Å². The van der Waals surface area contributed by atoms with E-state index in [0.717, 1.165) is 0 Å². The van der Waals surface area contributed by atoms with Crippen molar-refractivity contribution in [3.63, 3.8) is 0 Å². The molecule has 1 unspecified atom stereocenters. The van der Waals surface area contributed by atoms with Crippen LogP contribution >= 0.6 is 0 Å². The number of ether oxygens (including phenoxy) is 1. The number of hydrogen-bond acceptors (Lipinski definition) is 5. The van der Waals surface area contributed by atoms with Crippen LogP contribution in [-0.2, 0) is 19.1 Å². The minimum Gasteiger partial charge on any atom is -0.452 e. The van der Waals surface area contributed by atoms with Crippen molar-refractivity contribution in [2.24, 2.45) is 0 Å². The van der Waals surface area contributed by atoms with Crippen LogP contribution in [0.15, 0.2) is 24.3 Å². The zero-order valence-electron chi connectivity index (χ0n) is 16.6. The van der Waals surface area contributed by atoms with Crippen LogP contribution in [0.25, 0.3) is 0 Å². The summed E-state index contributed by atoms with van der Waals surface area (Å²) in [5, 5.41) is 2.79. The Hall–Kier alpha value is -2.90. The SMILES string of the molecule is CCC(C)(C)NC(=O)COC(=O)C12CCC(=O)N1c1ccccc1C(=O)N2C. The van der Waals surface area contributed by atoms with Crippen LogP contribution in [0.5, 0.6) is 0 Å². The average molecular weight is 387 g/mol. The molecule has 2 heterocycles. The van der Waals surface area contributed by atoms with E-state index in [-0.39, 0.29) is 24.7 Å². The highest BCUT2D eigenvalue weighted by atomic mass is 16.5. The number of rotatable bonds is 5. The maximum atomic E-state index is 13.1. The summed E-state index contributed by atoms with van der Waals surface area (Å²) in [5.41, 5.74) is -1.25. The third kappa shape index (κ3) is 3.02. The smallest absolute Gasteiger partial charge is 0.354 e. The Kier molecular flexibility index (Phi) is 4.91. The Morgan fingerprint density at radius 2 is 1.93 bits per heavy atom. The fourth-order valence-electron chi connectivity index (χ4n) is 3.64. The molecule has 0 saturated carbocycles. The molecule has 1 saturated heterocycles. The molecule has 8 nitrogen and oxygen atoms in total. The molecule has 8 heteroatoms. The molecule has 1 fully saturated rings. The molecule has 1 aromatic rings. The lowest BCUT2D eigenvalue weighted by atomic mass is 9.97. The zero-order valence-corrected chi connectivity index (χ0v) is 16.6. The first-order valence-electron chi connectivity index (χ1n) is 9.32. The number of nitrogens with one attached hydrogen (secondary N) is 1. The van der Waals surface area contributed by atoms with Crippen LogP contribution in [0.3, 0.4) is 0 Å². The van der Waals surface area contributed by atoms with Crippen molar-refractivity contribution in [1.82, 2.24) is 10.2 Å². The quantitative estimate of drug-likeness (QED) is 0.772. The van der Waals surface area contributed by atoms with E-state index < -0.39 is 29.7 Å². The van der Waals surface area contributed by atoms with Crippen LogP contribution < -0.4 is 10.2 Å². The van der Waals surface area contributed by atoms with E-state index in [1.165, 1.54) is 16.8 Å². The van der Waals surface area contributed by atoms with Crippen LogP contribution in [0.4, 0.5) is 5.69 Å². The minimum absolute atomic E-state index is 0.107. The number of para-hydroxylation sites is 1. The molecule has 0 aromatic heterocycles. The van der Waals surface area contributed by atoms with Crippen molar-refractivity contribution in [1.29, 1.82) is 0 Å². The molecular weight excluding hydrogens is 362 g/mol. The number of nitrogens with zero attached hydrogens (tertiary/aromatic N) is 2. The Labute approximate surface area is 163 Å². The van der Waals surface area contributed by atoms with Gasteiger partial charge in [0.05, 0.1) is 11.3 Å². The van der Waals surface area contributed by atoms with E-state index in [2.05, 4.69) is 5.32 Å². The third-order valence-corrected chi connectivity index (χ3v) is 5.56. The zero-order chi connectivity index (χ0) is 20.7. The van der Waals surface area contributed by atoms with E-state index in [1.807, 2.05) is 20.8 Å². The van der Waals surface area contributed by atoms with Gasteiger partial charge < -0.3 is 15.0 Å². The number of esters is 1. The lowest BCUT2D eigenvalue weighted by molar-refractivity contribution is -0.159. The van der Waals surface area contributed by atoms with E-state index in [9.17, 15) is 19.2 Å². The number of anilines is 1. The molecule has 0 spiro atoms. The van der Waals surface area contributed by atoms with Gasteiger partial charge in [0, 0.05) is 25.4 Å². The summed E-state index contributed by atoms with van der Waals surface area (Å²) >= 11 is 0. The monoisotopic (exact) mass is 387 g/mol. The molecule has 0 bridgehead atoms. The van der Waals surface area contributed by atoms with E-state index in [4.69, 9.17) is 4.74 Å². The second kappa shape index (κ2) is 6.92. The lowest BCUT2D eigenvalue weighted by Crippen LogP contribution is -2.67. The summed E-state index contributed by atoms with van der Waals surface area (Å²) in [5.74, 6) is -1.85. The van der Waals surface area contributed by atoms with Crippen molar-refractivity contribution in [2.45, 2.75) is 51.2 Å². The molecular formula is C20H25N3O5. The summed E-state index contributed by atoms with van der Waals surface area (Å²) in [6.07, 6.45) is 0.937. The van der Waals surface area contributed by atoms with E-state index >= 15 is 0 Å². The molecule has 1 atom stereocenters. The molecule has 1 aromatic carbocycles. The number of fused-ring (bicyclic) bond motifs is 3. The Bertz CT molecular complexity index is 850. The van der Waals surface area contributed by atoms with Crippen molar-refractivity contribution in [3.8, 4) is 0 Å². The molecule has 0 radical (unpaired) electrons. The van der Waals surface area contributed by atoms with Crippen LogP contribution in [0.1, 0.15) is 50.4 Å². The highest BCUT2D eigenvalue weighted by Gasteiger charge is 2.60. The molecule has 0 aliphatic carbocycles. The Morgan fingerprint density at radius 1 is 1.25 bits per heavy atom. The number of benzene rings is 1. The fraction of sp³-hybridized carbons (Fsp3) is 0.500. The van der Waals surface area contributed by atoms with Crippen LogP contribution in [0.2, 0.25) is 0 Å². The predicted molar refractivity (Wildman–Crippen MR) is 101 cm³/mol. The van der Waals surface area contributed by atoms with Crippen molar-refractivity contribution in [2.75, 3.05) is 18.6 Å². The second-order valence-electron chi connectivity index (χ2n) is 7.79. The summed E-state index contributed by atoms with van der Waals surface area (Å²) in [7, 11) is 1.48. The number of hydrogen-bond donors (Lipinski definition) is 1. The summed E-state index contributed by atoms with van der Waals surface area (Å²) < 4.78 is 5.28. The van der Waals surface area contributed by atoms with Gasteiger partial charge in [-0.15, -0.1) is 0 Å². The number of amides is 3. The van der Waals surface area contributed by atoms with E-state index in [1.54, 1.807) is 24.3 Å². The van der Waals surface area contributed by atoms with Gasteiger partial charge >= 0.3 is 5.97 Å². The topological polar surface area (TPSA) is 96.0 Å². The fourth-order valence-corrected chi connectivity index (χ4v) is 3.64. The van der Waals surface area contributed by atoms with Gasteiger partial charge in [0.25, 0.3) is 11.8 Å². The molecule has 2 aliphatic heterocycles. The summed E-state index contributed by atoms with van der Waals surface area (Å²) in [6.45, 7) is 5.20. The standard InChI is InChI=1S/C20H25N3O5/c1-5-19(2,3)21-15(24)12-28-18(27)20-11-10-16(25)23(20)14-9-7-6-8-13(14)17(26)22(20)4/h6-9H,5,10-12H2,1-4H3,(H,21,24). The van der Waals surface area contributed by atoms with Gasteiger partial charge in [-0.3, -0.25) is 19.3 Å². The highest BCUT2D eigenvalue weighted by Crippen LogP contribution is 2.44. The Balaban J connectivity index is 1.87. The molecule has 3 amide bonds. The minimum atomic E-state index is -1.57. The maximum Gasteiger partial charge on any atom is 0.354 e. The summed E-state index contributed by atoms with van der Waals surface area (Å²) in [4.78, 5) is 53.2. The molecule has 150 valence electrons. The normalized spacial score (nSPS) is 21.3. The van der Waals surface area contributed by atoms with Gasteiger partial charge in [0.2, 0.25) is 11.6 Å². The second-order valence-corrected chi connectivity index (χ2v) is 7.79. The van der Waals surface area contributed by atoms with Crippen molar-refractivity contribution in [3.05, 3.63) is 29.8 Å². The third-order valence-electron chi connectivity index (χ3n) is 5.56. The molecule has 28 heavy (non-hydrogen) atoms. The van der Waals surface area contributed by atoms with Gasteiger partial charge in [0.1, 0.15) is 0 Å². The van der Waals surface area contributed by atoms with Gasteiger partial charge in [0.15, 0.2) is 6.61 Å². The van der Waals surface area contributed by atoms with Crippen molar-refractivity contribution >= 4 is 29.4 Å². The lowest BCUT2D eigenvalue weighted by Gasteiger charge is -2.46. The average Bonchev–Trinajstić information content (AvgIpc) is 3.02. The van der Waals surface area contributed by atoms with Gasteiger partial charge in [-0.1, -0.05) is 19.1 Å². The molecule has 1 N–H and O–H groups in total. The van der Waals surface area contributed by atoms with Gasteiger partial charge in [-0.25, -0.2) is 4.79 Å². The molecule has 2 aliphatic rings. The maximum absolute atomic E-state index is 13.1. The van der Waals surface area contributed by atoms with Crippen LogP contribution in [-0.4, -0.2) is 53.4 Å². The van der Waals surface area contributed by atoms with E-state index in [0.29, 0.717) is 17.7 Å². The first-order chi connectivity index (χ1) is 13.1. The molecule has 3 rings (SSSR count). The first kappa shape index (κ1) is 19.9. The largest absolute Gasteiger partial charge is 0.452 e. The van der Waals surface area contributed by atoms with Gasteiger partial charge in [-0.2, -0.15) is 0 Å². The Morgan fingerprint density at radius 3 is 2.61 bits per heavy atom.